The summed E-state index contributed by atoms with van der Waals surface area (Å²) < 4.78 is 5.75. The van der Waals surface area contributed by atoms with E-state index < -0.39 is 0 Å². The Kier molecular flexibility index (Phi) is 4.77. The molecule has 3 rings (SSSR count). The lowest BCUT2D eigenvalue weighted by Crippen LogP contribution is -2.10. The molecule has 0 saturated carbocycles. The van der Waals surface area contributed by atoms with Crippen molar-refractivity contribution in [1.82, 2.24) is 0 Å². The van der Waals surface area contributed by atoms with Crippen LogP contribution in [0.4, 0.5) is 0 Å². The highest BCUT2D eigenvalue weighted by atomic mass is 16.5. The number of rotatable bonds is 1. The fourth-order valence-electron chi connectivity index (χ4n) is 2.41. The lowest BCUT2D eigenvalue weighted by molar-refractivity contribution is -0.106. The van der Waals surface area contributed by atoms with Crippen LogP contribution in [-0.4, -0.2) is 13.0 Å². The van der Waals surface area contributed by atoms with E-state index in [9.17, 15) is 0 Å². The van der Waals surface area contributed by atoms with E-state index in [0.29, 0.717) is 6.61 Å². The number of fused-ring (bicyclic) bond motifs is 1. The maximum absolute atomic E-state index is 8.58. The molecule has 108 valence electrons. The topological polar surface area (TPSA) is 52.3 Å². The molecule has 1 aliphatic heterocycles. The van der Waals surface area contributed by atoms with Gasteiger partial charge in [-0.25, -0.2) is 0 Å². The van der Waals surface area contributed by atoms with Crippen molar-refractivity contribution >= 4 is 12.0 Å². The second-order valence-electron chi connectivity index (χ2n) is 4.94. The van der Waals surface area contributed by atoms with E-state index in [1.165, 1.54) is 27.8 Å². The normalized spacial score (nSPS) is 12.7. The smallest absolute Gasteiger partial charge is 0.204 e. The minimum absolute atomic E-state index is 0.250. The lowest BCUT2D eigenvalue weighted by atomic mass is 9.91. The van der Waals surface area contributed by atoms with Gasteiger partial charge in [0.15, 0.2) is 0 Å². The Morgan fingerprint density at radius 3 is 2.33 bits per heavy atom. The van der Waals surface area contributed by atoms with Crippen molar-refractivity contribution in [3.8, 4) is 5.75 Å². The van der Waals surface area contributed by atoms with Crippen LogP contribution >= 0.6 is 0 Å². The standard InChI is InChI=1S/C17H16O.CH3NO/c1-12-7-9-14(10-8-12)17-13(2)11-18-16-6-4-3-5-15(16)17;2-1-3/h3-10H,11H2,1-2H3;1H,(H2,2,3). The third-order valence-electron chi connectivity index (χ3n) is 3.37. The second-order valence-corrected chi connectivity index (χ2v) is 4.94. The molecule has 0 aliphatic carbocycles. The molecular weight excluding hydrogens is 262 g/mol. The first kappa shape index (κ1) is 14.9. The number of benzene rings is 2. The third kappa shape index (κ3) is 3.31. The summed E-state index contributed by atoms with van der Waals surface area (Å²) in [6, 6.07) is 17.0. The van der Waals surface area contributed by atoms with Gasteiger partial charge in [0.1, 0.15) is 12.4 Å². The van der Waals surface area contributed by atoms with E-state index in [2.05, 4.69) is 56.0 Å². The Labute approximate surface area is 125 Å². The summed E-state index contributed by atoms with van der Waals surface area (Å²) in [5, 5.41) is 0. The largest absolute Gasteiger partial charge is 0.489 e. The number of carbonyl (C=O) groups is 1. The molecule has 1 amide bonds. The van der Waals surface area contributed by atoms with E-state index in [1.54, 1.807) is 0 Å². The van der Waals surface area contributed by atoms with Crippen molar-refractivity contribution < 1.29 is 9.53 Å². The quantitative estimate of drug-likeness (QED) is 0.815. The van der Waals surface area contributed by atoms with Crippen molar-refractivity contribution in [3.63, 3.8) is 0 Å². The molecule has 2 aromatic carbocycles. The van der Waals surface area contributed by atoms with Gasteiger partial charge in [0.05, 0.1) is 0 Å². The highest BCUT2D eigenvalue weighted by Gasteiger charge is 2.18. The van der Waals surface area contributed by atoms with Crippen LogP contribution in [0.2, 0.25) is 0 Å². The zero-order valence-electron chi connectivity index (χ0n) is 12.3. The summed E-state index contributed by atoms with van der Waals surface area (Å²) >= 11 is 0. The summed E-state index contributed by atoms with van der Waals surface area (Å²) in [5.74, 6) is 0.985. The molecule has 0 spiro atoms. The molecule has 2 aromatic rings. The molecule has 2 N–H and O–H groups in total. The van der Waals surface area contributed by atoms with Crippen LogP contribution in [0.25, 0.3) is 5.57 Å². The number of hydrogen-bond acceptors (Lipinski definition) is 2. The van der Waals surface area contributed by atoms with Crippen molar-refractivity contribution in [2.45, 2.75) is 13.8 Å². The average Bonchev–Trinajstić information content (AvgIpc) is 2.49. The molecule has 0 saturated heterocycles. The summed E-state index contributed by atoms with van der Waals surface area (Å²) in [7, 11) is 0. The van der Waals surface area contributed by atoms with Crippen LogP contribution in [0, 0.1) is 6.92 Å². The third-order valence-corrected chi connectivity index (χ3v) is 3.37. The van der Waals surface area contributed by atoms with Gasteiger partial charge in [-0.2, -0.15) is 0 Å². The molecule has 0 unspecified atom stereocenters. The first-order valence-electron chi connectivity index (χ1n) is 6.81. The molecule has 0 aromatic heterocycles. The Morgan fingerprint density at radius 2 is 1.67 bits per heavy atom. The summed E-state index contributed by atoms with van der Waals surface area (Å²) in [6.07, 6.45) is 0.250. The predicted molar refractivity (Wildman–Crippen MR) is 85.1 cm³/mol. The van der Waals surface area contributed by atoms with E-state index in [4.69, 9.17) is 9.53 Å². The van der Waals surface area contributed by atoms with Crippen molar-refractivity contribution in [2.75, 3.05) is 6.61 Å². The Balaban J connectivity index is 0.000000497. The number of amides is 1. The van der Waals surface area contributed by atoms with Gasteiger partial charge in [-0.1, -0.05) is 48.0 Å². The van der Waals surface area contributed by atoms with E-state index in [-0.39, 0.29) is 6.41 Å². The molecule has 1 aliphatic rings. The number of ether oxygens (including phenoxy) is 1. The average molecular weight is 281 g/mol. The van der Waals surface area contributed by atoms with Gasteiger partial charge in [-0.05, 0) is 36.6 Å². The minimum Gasteiger partial charge on any atom is -0.489 e. The number of primary amides is 1. The van der Waals surface area contributed by atoms with Gasteiger partial charge >= 0.3 is 0 Å². The highest BCUT2D eigenvalue weighted by Crippen LogP contribution is 2.36. The SMILES string of the molecule is CC1=C(c2ccc(C)cc2)c2ccccc2OC1.NC=O. The molecule has 0 bridgehead atoms. The zero-order chi connectivity index (χ0) is 15.2. The first-order chi connectivity index (χ1) is 10.2. The second kappa shape index (κ2) is 6.75. The van der Waals surface area contributed by atoms with Crippen LogP contribution in [0.3, 0.4) is 0 Å². The number of para-hydroxylation sites is 1. The Hall–Kier alpha value is -2.55. The lowest BCUT2D eigenvalue weighted by Gasteiger charge is -2.22. The first-order valence-corrected chi connectivity index (χ1v) is 6.81. The molecule has 0 radical (unpaired) electrons. The van der Waals surface area contributed by atoms with Gasteiger partial charge in [0, 0.05) is 5.56 Å². The molecule has 21 heavy (non-hydrogen) atoms. The van der Waals surface area contributed by atoms with Gasteiger partial charge in [-0.3, -0.25) is 4.79 Å². The van der Waals surface area contributed by atoms with Crippen molar-refractivity contribution in [2.24, 2.45) is 5.73 Å². The predicted octanol–water partition coefficient (Wildman–Crippen LogP) is 3.31. The van der Waals surface area contributed by atoms with Crippen LogP contribution < -0.4 is 10.5 Å². The number of carbonyl (C=O) groups excluding carboxylic acids is 1. The minimum atomic E-state index is 0.250. The Bertz CT molecular complexity index is 657. The Morgan fingerprint density at radius 1 is 1.05 bits per heavy atom. The maximum Gasteiger partial charge on any atom is 0.204 e. The fourth-order valence-corrected chi connectivity index (χ4v) is 2.41. The van der Waals surface area contributed by atoms with E-state index in [0.717, 1.165) is 5.75 Å². The van der Waals surface area contributed by atoms with Crippen LogP contribution in [0.15, 0.2) is 54.1 Å². The summed E-state index contributed by atoms with van der Waals surface area (Å²) in [6.45, 7) is 4.94. The highest BCUT2D eigenvalue weighted by molar-refractivity contribution is 5.85. The summed E-state index contributed by atoms with van der Waals surface area (Å²) in [4.78, 5) is 8.58. The van der Waals surface area contributed by atoms with Gasteiger partial charge in [-0.15, -0.1) is 0 Å². The van der Waals surface area contributed by atoms with E-state index >= 15 is 0 Å². The molecule has 0 atom stereocenters. The number of aryl methyl sites for hydroxylation is 1. The van der Waals surface area contributed by atoms with Gasteiger partial charge in [0.2, 0.25) is 6.41 Å². The van der Waals surface area contributed by atoms with Gasteiger partial charge in [0.25, 0.3) is 0 Å². The monoisotopic (exact) mass is 281 g/mol. The number of nitrogens with two attached hydrogens (primary N) is 1. The van der Waals surface area contributed by atoms with Crippen LogP contribution in [0.5, 0.6) is 5.75 Å². The zero-order valence-corrected chi connectivity index (χ0v) is 12.3. The molecule has 0 fully saturated rings. The summed E-state index contributed by atoms with van der Waals surface area (Å²) in [5.41, 5.74) is 10.5. The van der Waals surface area contributed by atoms with E-state index in [1.807, 2.05) is 12.1 Å². The molecule has 3 nitrogen and oxygen atoms in total. The molecule has 3 heteroatoms. The number of hydrogen-bond donors (Lipinski definition) is 1. The maximum atomic E-state index is 8.58. The fraction of sp³-hybridized carbons (Fsp3) is 0.167. The van der Waals surface area contributed by atoms with Crippen LogP contribution in [-0.2, 0) is 4.79 Å². The van der Waals surface area contributed by atoms with Crippen LogP contribution in [0.1, 0.15) is 23.6 Å². The van der Waals surface area contributed by atoms with Gasteiger partial charge < -0.3 is 10.5 Å². The van der Waals surface area contributed by atoms with Crippen molar-refractivity contribution in [1.29, 1.82) is 0 Å². The molecular formula is C18H19NO2. The van der Waals surface area contributed by atoms with Crippen molar-refractivity contribution in [3.05, 3.63) is 70.8 Å². The molecule has 1 heterocycles.